The van der Waals surface area contributed by atoms with Gasteiger partial charge in [-0.3, -0.25) is 0 Å². The first-order chi connectivity index (χ1) is 10.2. The molecule has 0 bridgehead atoms. The molecule has 4 nitrogen and oxygen atoms in total. The summed E-state index contributed by atoms with van der Waals surface area (Å²) in [7, 11) is 0. The lowest BCUT2D eigenvalue weighted by atomic mass is 10.1. The summed E-state index contributed by atoms with van der Waals surface area (Å²) in [6.07, 6.45) is 0. The zero-order valence-electron chi connectivity index (χ0n) is 13.9. The highest BCUT2D eigenvalue weighted by molar-refractivity contribution is 5.79. The largest absolute Gasteiger partial charge is 0.357 e. The summed E-state index contributed by atoms with van der Waals surface area (Å²) in [6.45, 7) is 14.3. The minimum atomic E-state index is 0.709. The fourth-order valence-corrected chi connectivity index (χ4v) is 2.08. The molecule has 4 heteroatoms. The first-order valence-corrected chi connectivity index (χ1v) is 7.99. The van der Waals surface area contributed by atoms with Crippen molar-refractivity contribution in [2.24, 2.45) is 4.99 Å². The van der Waals surface area contributed by atoms with Gasteiger partial charge >= 0.3 is 0 Å². The second-order valence-corrected chi connectivity index (χ2v) is 5.13. The summed E-state index contributed by atoms with van der Waals surface area (Å²) in [5.74, 6) is 0.894. The average Bonchev–Trinajstić information content (AvgIpc) is 2.50. The van der Waals surface area contributed by atoms with Crippen LogP contribution in [0.5, 0.6) is 0 Å². The summed E-state index contributed by atoms with van der Waals surface area (Å²) in [6, 6.07) is 8.54. The van der Waals surface area contributed by atoms with Crippen molar-refractivity contribution in [2.75, 3.05) is 32.7 Å². The lowest BCUT2D eigenvalue weighted by Gasteiger charge is -2.19. The van der Waals surface area contributed by atoms with E-state index in [1.165, 1.54) is 11.1 Å². The number of likely N-dealkylation sites (N-methyl/N-ethyl adjacent to an activating group) is 1. The van der Waals surface area contributed by atoms with E-state index in [1.54, 1.807) is 0 Å². The molecule has 0 spiro atoms. The zero-order valence-corrected chi connectivity index (χ0v) is 13.9. The minimum Gasteiger partial charge on any atom is -0.357 e. The van der Waals surface area contributed by atoms with Crippen LogP contribution in [0.15, 0.2) is 29.3 Å². The Morgan fingerprint density at radius 2 is 1.71 bits per heavy atom. The van der Waals surface area contributed by atoms with Gasteiger partial charge in [0.25, 0.3) is 0 Å². The van der Waals surface area contributed by atoms with E-state index in [0.717, 1.165) is 38.7 Å². The molecule has 0 unspecified atom stereocenters. The normalized spacial score (nSPS) is 11.8. The van der Waals surface area contributed by atoms with E-state index >= 15 is 0 Å². The zero-order chi connectivity index (χ0) is 15.5. The molecule has 1 rings (SSSR count). The fourth-order valence-electron chi connectivity index (χ4n) is 2.08. The van der Waals surface area contributed by atoms with Crippen LogP contribution < -0.4 is 10.6 Å². The number of hydrogen-bond donors (Lipinski definition) is 2. The molecule has 118 valence electrons. The molecule has 1 aromatic carbocycles. The Hall–Kier alpha value is -1.55. The average molecular weight is 290 g/mol. The molecule has 0 aliphatic carbocycles. The van der Waals surface area contributed by atoms with Crippen molar-refractivity contribution in [3.05, 3.63) is 35.4 Å². The van der Waals surface area contributed by atoms with Crippen LogP contribution in [0.4, 0.5) is 0 Å². The number of aliphatic imine (C=N–C) groups is 1. The van der Waals surface area contributed by atoms with Gasteiger partial charge in [0, 0.05) is 19.6 Å². The van der Waals surface area contributed by atoms with Crippen molar-refractivity contribution >= 4 is 5.96 Å². The van der Waals surface area contributed by atoms with Gasteiger partial charge in [0.15, 0.2) is 5.96 Å². The smallest absolute Gasteiger partial charge is 0.191 e. The Kier molecular flexibility index (Phi) is 8.51. The van der Waals surface area contributed by atoms with Crippen LogP contribution in [0, 0.1) is 6.92 Å². The molecular formula is C17H30N4. The van der Waals surface area contributed by atoms with Crippen LogP contribution in [0.2, 0.25) is 0 Å². The first kappa shape index (κ1) is 17.5. The number of benzene rings is 1. The number of aryl methyl sites for hydroxylation is 1. The quantitative estimate of drug-likeness (QED) is 0.570. The third kappa shape index (κ3) is 7.14. The highest BCUT2D eigenvalue weighted by Gasteiger charge is 2.00. The van der Waals surface area contributed by atoms with E-state index in [0.29, 0.717) is 6.54 Å². The van der Waals surface area contributed by atoms with E-state index in [-0.39, 0.29) is 0 Å². The predicted molar refractivity (Wildman–Crippen MR) is 91.8 cm³/mol. The van der Waals surface area contributed by atoms with Crippen molar-refractivity contribution in [3.8, 4) is 0 Å². The van der Waals surface area contributed by atoms with E-state index in [1.807, 2.05) is 0 Å². The number of rotatable bonds is 8. The van der Waals surface area contributed by atoms with Gasteiger partial charge in [-0.1, -0.05) is 43.7 Å². The van der Waals surface area contributed by atoms with Gasteiger partial charge < -0.3 is 15.5 Å². The molecule has 0 radical (unpaired) electrons. The third-order valence-corrected chi connectivity index (χ3v) is 3.50. The fraction of sp³-hybridized carbons (Fsp3) is 0.588. The van der Waals surface area contributed by atoms with Crippen molar-refractivity contribution in [1.82, 2.24) is 15.5 Å². The maximum absolute atomic E-state index is 4.64. The van der Waals surface area contributed by atoms with Crippen LogP contribution in [0.1, 0.15) is 31.9 Å². The van der Waals surface area contributed by atoms with E-state index in [9.17, 15) is 0 Å². The van der Waals surface area contributed by atoms with Crippen LogP contribution in [-0.4, -0.2) is 43.6 Å². The monoisotopic (exact) mass is 290 g/mol. The van der Waals surface area contributed by atoms with Gasteiger partial charge in [0.2, 0.25) is 0 Å². The molecule has 0 amide bonds. The summed E-state index contributed by atoms with van der Waals surface area (Å²) >= 11 is 0. The Bertz CT molecular complexity index is 407. The summed E-state index contributed by atoms with van der Waals surface area (Å²) in [5.41, 5.74) is 2.52. The lowest BCUT2D eigenvalue weighted by Crippen LogP contribution is -2.41. The molecule has 1 aromatic rings. The SMILES string of the molecule is CCNC(=NCc1ccc(C)cc1)NCCN(CC)CC. The van der Waals surface area contributed by atoms with Crippen molar-refractivity contribution in [1.29, 1.82) is 0 Å². The van der Waals surface area contributed by atoms with Crippen LogP contribution in [0.3, 0.4) is 0 Å². The number of nitrogens with zero attached hydrogens (tertiary/aromatic N) is 2. The van der Waals surface area contributed by atoms with E-state index in [2.05, 4.69) is 72.5 Å². The predicted octanol–water partition coefficient (Wildman–Crippen LogP) is 2.39. The van der Waals surface area contributed by atoms with Crippen LogP contribution in [0.25, 0.3) is 0 Å². The van der Waals surface area contributed by atoms with E-state index in [4.69, 9.17) is 0 Å². The molecule has 0 fully saturated rings. The van der Waals surface area contributed by atoms with Crippen molar-refractivity contribution in [3.63, 3.8) is 0 Å². The van der Waals surface area contributed by atoms with Gasteiger partial charge in [0.1, 0.15) is 0 Å². The van der Waals surface area contributed by atoms with Gasteiger partial charge in [-0.25, -0.2) is 4.99 Å². The molecule has 0 aromatic heterocycles. The summed E-state index contributed by atoms with van der Waals surface area (Å²) in [5, 5.41) is 6.69. The Morgan fingerprint density at radius 1 is 1.05 bits per heavy atom. The Morgan fingerprint density at radius 3 is 2.29 bits per heavy atom. The first-order valence-electron chi connectivity index (χ1n) is 7.99. The van der Waals surface area contributed by atoms with Gasteiger partial charge in [-0.05, 0) is 32.5 Å². The lowest BCUT2D eigenvalue weighted by molar-refractivity contribution is 0.308. The molecule has 0 atom stereocenters. The summed E-state index contributed by atoms with van der Waals surface area (Å²) in [4.78, 5) is 7.04. The molecule has 21 heavy (non-hydrogen) atoms. The topological polar surface area (TPSA) is 39.7 Å². The summed E-state index contributed by atoms with van der Waals surface area (Å²) < 4.78 is 0. The number of hydrogen-bond acceptors (Lipinski definition) is 2. The number of guanidine groups is 1. The highest BCUT2D eigenvalue weighted by Crippen LogP contribution is 2.04. The minimum absolute atomic E-state index is 0.709. The van der Waals surface area contributed by atoms with Gasteiger partial charge in [-0.2, -0.15) is 0 Å². The molecule has 0 heterocycles. The van der Waals surface area contributed by atoms with Crippen LogP contribution in [-0.2, 0) is 6.54 Å². The van der Waals surface area contributed by atoms with Gasteiger partial charge in [-0.15, -0.1) is 0 Å². The molecule has 0 aliphatic rings. The maximum Gasteiger partial charge on any atom is 0.191 e. The Labute approximate surface area is 129 Å². The van der Waals surface area contributed by atoms with Gasteiger partial charge in [0.05, 0.1) is 6.54 Å². The second kappa shape index (κ2) is 10.2. The molecule has 0 saturated carbocycles. The van der Waals surface area contributed by atoms with E-state index < -0.39 is 0 Å². The van der Waals surface area contributed by atoms with Crippen molar-refractivity contribution in [2.45, 2.75) is 34.2 Å². The standard InChI is InChI=1S/C17H30N4/c1-5-18-17(19-12-13-21(6-2)7-3)20-14-16-10-8-15(4)9-11-16/h8-11H,5-7,12-14H2,1-4H3,(H2,18,19,20). The molecule has 2 N–H and O–H groups in total. The molecule has 0 saturated heterocycles. The number of nitrogens with one attached hydrogen (secondary N) is 2. The Balaban J connectivity index is 2.47. The second-order valence-electron chi connectivity index (χ2n) is 5.13. The molecular weight excluding hydrogens is 260 g/mol. The maximum atomic E-state index is 4.64. The van der Waals surface area contributed by atoms with Crippen LogP contribution >= 0.6 is 0 Å². The third-order valence-electron chi connectivity index (χ3n) is 3.50. The highest BCUT2D eigenvalue weighted by atomic mass is 15.2. The van der Waals surface area contributed by atoms with Crippen molar-refractivity contribution < 1.29 is 0 Å². The molecule has 0 aliphatic heterocycles.